The lowest BCUT2D eigenvalue weighted by Gasteiger charge is -2.41. The third kappa shape index (κ3) is 4.41. The molecular weight excluding hydrogens is 432 g/mol. The lowest BCUT2D eigenvalue weighted by molar-refractivity contribution is -0.136. The Bertz CT molecular complexity index is 1040. The van der Waals surface area contributed by atoms with Crippen LogP contribution in [0.2, 0.25) is 0 Å². The lowest BCUT2D eigenvalue weighted by atomic mass is 9.64. The van der Waals surface area contributed by atoms with Gasteiger partial charge < -0.3 is 15.0 Å². The van der Waals surface area contributed by atoms with Gasteiger partial charge in [0.2, 0.25) is 11.8 Å². The number of piperidine rings is 1. The van der Waals surface area contributed by atoms with Crippen molar-refractivity contribution < 1.29 is 19.1 Å². The van der Waals surface area contributed by atoms with E-state index in [1.165, 1.54) is 6.42 Å². The van der Waals surface area contributed by atoms with Crippen molar-refractivity contribution in [3.8, 4) is 11.8 Å². The molecule has 3 amide bonds. The van der Waals surface area contributed by atoms with E-state index in [0.29, 0.717) is 24.4 Å². The number of nitriles is 1. The summed E-state index contributed by atoms with van der Waals surface area (Å²) in [6.45, 7) is 3.31. The average molecular weight is 465 g/mol. The van der Waals surface area contributed by atoms with Gasteiger partial charge in [0.25, 0.3) is 5.91 Å². The normalized spacial score (nSPS) is 33.1. The Morgan fingerprint density at radius 2 is 2.00 bits per heavy atom. The zero-order chi connectivity index (χ0) is 23.9. The number of fused-ring (bicyclic) bond motifs is 1. The molecule has 0 aromatic heterocycles. The number of benzene rings is 1. The van der Waals surface area contributed by atoms with E-state index in [1.807, 2.05) is 19.1 Å². The maximum absolute atomic E-state index is 12.9. The molecule has 2 aliphatic carbocycles. The third-order valence-corrected chi connectivity index (χ3v) is 7.90. The average Bonchev–Trinajstić information content (AvgIpc) is 3.12. The Hall–Kier alpha value is -2.92. The monoisotopic (exact) mass is 464 g/mol. The molecular formula is C26H32N4O4. The maximum Gasteiger partial charge on any atom is 0.255 e. The van der Waals surface area contributed by atoms with Gasteiger partial charge in [-0.1, -0.05) is 6.42 Å². The second kappa shape index (κ2) is 9.03. The molecule has 8 heteroatoms. The van der Waals surface area contributed by atoms with E-state index in [4.69, 9.17) is 4.74 Å². The number of ether oxygens (including phenoxy) is 1. The van der Waals surface area contributed by atoms with Crippen LogP contribution in [0, 0.1) is 22.7 Å². The van der Waals surface area contributed by atoms with Gasteiger partial charge in [-0.2, -0.15) is 5.26 Å². The fourth-order valence-corrected chi connectivity index (χ4v) is 6.04. The van der Waals surface area contributed by atoms with Crippen LogP contribution in [0.5, 0.6) is 5.75 Å². The number of carbonyl (C=O) groups excluding carboxylic acids is 3. The molecule has 2 aliphatic heterocycles. The molecule has 8 nitrogen and oxygen atoms in total. The Balaban J connectivity index is 1.21. The van der Waals surface area contributed by atoms with Gasteiger partial charge in [0.15, 0.2) is 0 Å². The van der Waals surface area contributed by atoms with Gasteiger partial charge in [-0.25, -0.2) is 0 Å². The summed E-state index contributed by atoms with van der Waals surface area (Å²) in [6.07, 6.45) is 6.95. The van der Waals surface area contributed by atoms with E-state index in [-0.39, 0.29) is 35.8 Å². The van der Waals surface area contributed by atoms with Gasteiger partial charge in [0.1, 0.15) is 17.9 Å². The molecule has 0 bridgehead atoms. The summed E-state index contributed by atoms with van der Waals surface area (Å²) >= 11 is 0. The van der Waals surface area contributed by atoms with Crippen LogP contribution in [0.3, 0.4) is 0 Å². The predicted molar refractivity (Wildman–Crippen MR) is 124 cm³/mol. The van der Waals surface area contributed by atoms with E-state index in [1.54, 1.807) is 11.0 Å². The lowest BCUT2D eigenvalue weighted by Crippen LogP contribution is -2.52. The van der Waals surface area contributed by atoms with Crippen LogP contribution in [-0.4, -0.2) is 47.4 Å². The first-order chi connectivity index (χ1) is 16.3. The molecule has 1 aromatic carbocycles. The van der Waals surface area contributed by atoms with Crippen LogP contribution in [0.25, 0.3) is 0 Å². The zero-order valence-electron chi connectivity index (χ0n) is 19.6. The standard InChI is InChI=1S/C26H32N4O4/c1-26(15-27)11-16(12-26)13-28-20-4-2-3-5-22(20)34-18-6-7-19-17(10-18)14-30(25(19)33)21-8-9-23(31)29-24(21)32/h6-7,10,16,20-22,28H,2-5,8-9,11-14H2,1H3,(H,29,31,32)/t16?,20-,21?,22?,26?/m0/s1. The second-order valence-corrected chi connectivity index (χ2v) is 10.6. The van der Waals surface area contributed by atoms with Crippen molar-refractivity contribution in [2.24, 2.45) is 11.3 Å². The molecule has 3 atom stereocenters. The van der Waals surface area contributed by atoms with Crippen LogP contribution in [0.1, 0.15) is 74.2 Å². The minimum atomic E-state index is -0.608. The number of amides is 3. The highest BCUT2D eigenvalue weighted by Crippen LogP contribution is 2.44. The van der Waals surface area contributed by atoms with Gasteiger partial charge in [-0.05, 0) is 81.7 Å². The molecule has 3 fully saturated rings. The van der Waals surface area contributed by atoms with Crippen LogP contribution < -0.4 is 15.4 Å². The van der Waals surface area contributed by atoms with Gasteiger partial charge in [0.05, 0.1) is 11.5 Å². The number of hydrogen-bond acceptors (Lipinski definition) is 6. The van der Waals surface area contributed by atoms with Gasteiger partial charge in [-0.3, -0.25) is 19.7 Å². The molecule has 1 saturated heterocycles. The highest BCUT2D eigenvalue weighted by atomic mass is 16.5. The summed E-state index contributed by atoms with van der Waals surface area (Å²) in [6, 6.07) is 7.66. The minimum absolute atomic E-state index is 0.0672. The van der Waals surface area contributed by atoms with Gasteiger partial charge in [0, 0.05) is 24.6 Å². The Kier molecular flexibility index (Phi) is 6.07. The first-order valence-corrected chi connectivity index (χ1v) is 12.4. The number of hydrogen-bond donors (Lipinski definition) is 2. The molecule has 180 valence electrons. The molecule has 0 spiro atoms. The molecule has 1 aromatic rings. The van der Waals surface area contributed by atoms with Crippen molar-refractivity contribution >= 4 is 17.7 Å². The van der Waals surface area contributed by atoms with Gasteiger partial charge >= 0.3 is 0 Å². The van der Waals surface area contributed by atoms with Crippen molar-refractivity contribution in [3.05, 3.63) is 29.3 Å². The fourth-order valence-electron chi connectivity index (χ4n) is 6.04. The third-order valence-electron chi connectivity index (χ3n) is 7.90. The number of rotatable bonds is 6. The Labute approximate surface area is 200 Å². The SMILES string of the molecule is CC1(C#N)CC(CN[C@H]2CCCCC2Oc2ccc3c(c2)CN(C2CCC(=O)NC2=O)C3=O)C1. The van der Waals surface area contributed by atoms with Crippen molar-refractivity contribution in [1.82, 2.24) is 15.5 Å². The van der Waals surface area contributed by atoms with E-state index < -0.39 is 11.9 Å². The predicted octanol–water partition coefficient (Wildman–Crippen LogP) is 2.67. The number of nitrogens with one attached hydrogen (secondary N) is 2. The fraction of sp³-hybridized carbons (Fsp3) is 0.615. The molecule has 2 heterocycles. The molecule has 2 unspecified atom stereocenters. The van der Waals surface area contributed by atoms with Crippen molar-refractivity contribution in [3.63, 3.8) is 0 Å². The molecule has 4 aliphatic rings. The van der Waals surface area contributed by atoms with E-state index in [2.05, 4.69) is 16.7 Å². The first-order valence-electron chi connectivity index (χ1n) is 12.4. The smallest absolute Gasteiger partial charge is 0.255 e. The van der Waals surface area contributed by atoms with Crippen molar-refractivity contribution in [2.75, 3.05) is 6.54 Å². The maximum atomic E-state index is 12.9. The summed E-state index contributed by atoms with van der Waals surface area (Å²) < 4.78 is 6.42. The highest BCUT2D eigenvalue weighted by Gasteiger charge is 2.41. The molecule has 34 heavy (non-hydrogen) atoms. The van der Waals surface area contributed by atoms with E-state index in [9.17, 15) is 19.6 Å². The second-order valence-electron chi connectivity index (χ2n) is 10.6. The van der Waals surface area contributed by atoms with Crippen LogP contribution in [0.4, 0.5) is 0 Å². The first kappa shape index (κ1) is 22.9. The van der Waals surface area contributed by atoms with Crippen LogP contribution in [0.15, 0.2) is 18.2 Å². The summed E-state index contributed by atoms with van der Waals surface area (Å²) in [5.41, 5.74) is 1.30. The van der Waals surface area contributed by atoms with Gasteiger partial charge in [-0.15, -0.1) is 0 Å². The summed E-state index contributed by atoms with van der Waals surface area (Å²) in [7, 11) is 0. The van der Waals surface area contributed by atoms with E-state index in [0.717, 1.165) is 50.0 Å². The number of nitrogens with zero attached hydrogens (tertiary/aromatic N) is 2. The topological polar surface area (TPSA) is 112 Å². The molecule has 5 rings (SSSR count). The molecule has 2 N–H and O–H groups in total. The van der Waals surface area contributed by atoms with Crippen LogP contribution >= 0.6 is 0 Å². The number of carbonyl (C=O) groups is 3. The minimum Gasteiger partial charge on any atom is -0.489 e. The highest BCUT2D eigenvalue weighted by molar-refractivity contribution is 6.05. The van der Waals surface area contributed by atoms with Crippen molar-refractivity contribution in [2.45, 2.75) is 83.0 Å². The summed E-state index contributed by atoms with van der Waals surface area (Å²) in [5, 5.41) is 15.3. The zero-order valence-corrected chi connectivity index (χ0v) is 19.6. The molecule has 0 radical (unpaired) electrons. The van der Waals surface area contributed by atoms with E-state index >= 15 is 0 Å². The largest absolute Gasteiger partial charge is 0.489 e. The van der Waals surface area contributed by atoms with Crippen LogP contribution in [-0.2, 0) is 16.1 Å². The quantitative estimate of drug-likeness (QED) is 0.626. The Morgan fingerprint density at radius 1 is 1.21 bits per heavy atom. The summed E-state index contributed by atoms with van der Waals surface area (Å²) in [4.78, 5) is 38.2. The molecule has 2 saturated carbocycles. The summed E-state index contributed by atoms with van der Waals surface area (Å²) in [5.74, 6) is 0.449. The number of imide groups is 1. The Morgan fingerprint density at radius 3 is 2.76 bits per heavy atom. The van der Waals surface area contributed by atoms with Crippen molar-refractivity contribution in [1.29, 1.82) is 5.26 Å².